The molecule has 7 rings (SSSR count). The highest BCUT2D eigenvalue weighted by molar-refractivity contribution is 5.89. The zero-order chi connectivity index (χ0) is 30.5. The van der Waals surface area contributed by atoms with Gasteiger partial charge in [-0.2, -0.15) is 0 Å². The van der Waals surface area contributed by atoms with Crippen LogP contribution < -0.4 is 0 Å². The average Bonchev–Trinajstić information content (AvgIpc) is 3.37. The van der Waals surface area contributed by atoms with Gasteiger partial charge in [0, 0.05) is 83.0 Å². The van der Waals surface area contributed by atoms with E-state index in [0.29, 0.717) is 18.6 Å². The summed E-state index contributed by atoms with van der Waals surface area (Å²) >= 11 is 0. The summed E-state index contributed by atoms with van der Waals surface area (Å²) in [4.78, 5) is 29.2. The number of carbonyl (C=O) groups excluding carboxylic acids is 2. The number of likely N-dealkylation sites (tertiary alicyclic amines) is 1. The third-order valence-electron chi connectivity index (χ3n) is 12.7. The standard InChI is InChI=1S/C33H45NO9/c1-18(35)43-32-15-22(40-5)31(37)14-20(23(32)28(31)42-29(36)19-10-8-7-9-11-19)33-21(39-4)12-13-30(17-38-3)16-34(2)27(33)24(32)25(41-6)26(30)33/h7-11,20-28,37H,12-17H2,1-6H3/t20-,21+,22+,23-,24+,25+,26-,27-,28-,30-,31+,32-,33+/m1/s1. The van der Waals surface area contributed by atoms with Crippen molar-refractivity contribution < 1.29 is 43.1 Å². The SMILES string of the molecule is COC[C@]12CC[C@H](OC)[C@@]34[C@@H]5C[C@]6(O)[C@@H](OC)C[C@@](OC(C)=O)([C@H]5[C@H]6OC(=O)c5ccccc5)[C@@H]([C@H](OC)[C@H]13)[C@H]4N(C)C2. The highest BCUT2D eigenvalue weighted by atomic mass is 16.6. The predicted molar refractivity (Wildman–Crippen MR) is 153 cm³/mol. The number of aliphatic hydroxyl groups is 1. The van der Waals surface area contributed by atoms with Gasteiger partial charge in [-0.05, 0) is 44.4 Å². The molecule has 10 nitrogen and oxygen atoms in total. The lowest BCUT2D eigenvalue weighted by molar-refractivity contribution is -0.285. The minimum atomic E-state index is -1.48. The molecular weight excluding hydrogens is 554 g/mol. The van der Waals surface area contributed by atoms with Crippen LogP contribution >= 0.6 is 0 Å². The van der Waals surface area contributed by atoms with Gasteiger partial charge in [0.05, 0.1) is 30.5 Å². The van der Waals surface area contributed by atoms with E-state index in [4.69, 9.17) is 28.4 Å². The number of esters is 2. The van der Waals surface area contributed by atoms with Crippen molar-refractivity contribution in [2.24, 2.45) is 34.5 Å². The summed E-state index contributed by atoms with van der Waals surface area (Å²) in [5, 5.41) is 12.7. The Kier molecular flexibility index (Phi) is 6.86. The van der Waals surface area contributed by atoms with Gasteiger partial charge in [-0.1, -0.05) is 18.2 Å². The Balaban J connectivity index is 1.48. The van der Waals surface area contributed by atoms with E-state index >= 15 is 0 Å². The number of nitrogens with zero attached hydrogens (tertiary/aromatic N) is 1. The highest BCUT2D eigenvalue weighted by Gasteiger charge is 2.89. The van der Waals surface area contributed by atoms with Crippen molar-refractivity contribution in [3.63, 3.8) is 0 Å². The van der Waals surface area contributed by atoms with Crippen LogP contribution in [-0.4, -0.2) is 112 Å². The smallest absolute Gasteiger partial charge is 0.338 e. The van der Waals surface area contributed by atoms with Crippen molar-refractivity contribution in [2.75, 3.05) is 48.6 Å². The lowest BCUT2D eigenvalue weighted by atomic mass is 9.43. The molecule has 236 valence electrons. The minimum Gasteiger partial charge on any atom is -0.458 e. The predicted octanol–water partition coefficient (Wildman–Crippen LogP) is 2.32. The largest absolute Gasteiger partial charge is 0.458 e. The van der Waals surface area contributed by atoms with Gasteiger partial charge < -0.3 is 38.4 Å². The molecule has 13 atom stereocenters. The maximum Gasteiger partial charge on any atom is 0.338 e. The van der Waals surface area contributed by atoms with Crippen molar-refractivity contribution in [3.05, 3.63) is 35.9 Å². The number of fused-ring (bicyclic) bond motifs is 2. The third-order valence-corrected chi connectivity index (χ3v) is 12.7. The van der Waals surface area contributed by atoms with Crippen LogP contribution in [0, 0.1) is 34.5 Å². The molecule has 43 heavy (non-hydrogen) atoms. The lowest BCUT2D eigenvalue weighted by Crippen LogP contribution is -2.77. The second kappa shape index (κ2) is 9.96. The quantitative estimate of drug-likeness (QED) is 0.447. The fourth-order valence-corrected chi connectivity index (χ4v) is 12.2. The number of hydrogen-bond acceptors (Lipinski definition) is 10. The first kappa shape index (κ1) is 29.6. The molecule has 5 saturated carbocycles. The molecule has 6 fully saturated rings. The van der Waals surface area contributed by atoms with Crippen molar-refractivity contribution in [1.82, 2.24) is 4.90 Å². The van der Waals surface area contributed by atoms with E-state index in [-0.39, 0.29) is 47.8 Å². The van der Waals surface area contributed by atoms with Crippen molar-refractivity contribution in [2.45, 2.75) is 74.3 Å². The first-order valence-corrected chi connectivity index (χ1v) is 15.5. The molecule has 0 radical (unpaired) electrons. The van der Waals surface area contributed by atoms with Crippen LogP contribution in [0.5, 0.6) is 0 Å². The summed E-state index contributed by atoms with van der Waals surface area (Å²) in [6, 6.07) is 8.77. The fourth-order valence-electron chi connectivity index (χ4n) is 12.2. The first-order valence-electron chi connectivity index (χ1n) is 15.5. The molecule has 1 N–H and O–H groups in total. The van der Waals surface area contributed by atoms with Gasteiger partial charge in [0.1, 0.15) is 17.3 Å². The molecule has 5 aliphatic carbocycles. The number of hydrogen-bond donors (Lipinski definition) is 1. The van der Waals surface area contributed by atoms with Crippen LogP contribution in [0.15, 0.2) is 30.3 Å². The summed E-state index contributed by atoms with van der Waals surface area (Å²) < 4.78 is 38.0. The zero-order valence-corrected chi connectivity index (χ0v) is 26.0. The van der Waals surface area contributed by atoms with Crippen molar-refractivity contribution >= 4 is 11.9 Å². The molecule has 1 saturated heterocycles. The van der Waals surface area contributed by atoms with Gasteiger partial charge in [0.2, 0.25) is 0 Å². The van der Waals surface area contributed by atoms with Gasteiger partial charge in [-0.25, -0.2) is 4.79 Å². The van der Waals surface area contributed by atoms with Crippen LogP contribution in [0.25, 0.3) is 0 Å². The Hall–Kier alpha value is -2.08. The van der Waals surface area contributed by atoms with Crippen LogP contribution in [0.1, 0.15) is 43.0 Å². The zero-order valence-electron chi connectivity index (χ0n) is 26.0. The maximum atomic E-state index is 13.7. The van der Waals surface area contributed by atoms with E-state index in [1.807, 2.05) is 6.07 Å². The van der Waals surface area contributed by atoms with E-state index in [2.05, 4.69) is 11.9 Å². The average molecular weight is 600 g/mol. The van der Waals surface area contributed by atoms with Gasteiger partial charge in [0.25, 0.3) is 0 Å². The molecule has 7 bridgehead atoms. The molecule has 0 amide bonds. The van der Waals surface area contributed by atoms with Gasteiger partial charge >= 0.3 is 11.9 Å². The Labute approximate surface area is 253 Å². The minimum absolute atomic E-state index is 0.0201. The van der Waals surface area contributed by atoms with Crippen LogP contribution in [0.4, 0.5) is 0 Å². The number of carbonyl (C=O) groups is 2. The number of ether oxygens (including phenoxy) is 6. The molecule has 1 aromatic carbocycles. The molecule has 1 heterocycles. The molecule has 1 aromatic rings. The van der Waals surface area contributed by atoms with Gasteiger partial charge in [-0.3, -0.25) is 4.79 Å². The molecular formula is C33H45NO9. The summed E-state index contributed by atoms with van der Waals surface area (Å²) in [7, 11) is 9.01. The van der Waals surface area contributed by atoms with Crippen molar-refractivity contribution in [1.29, 1.82) is 0 Å². The van der Waals surface area contributed by atoms with Crippen molar-refractivity contribution in [3.8, 4) is 0 Å². The van der Waals surface area contributed by atoms with E-state index in [1.54, 1.807) is 52.7 Å². The van der Waals surface area contributed by atoms with E-state index in [9.17, 15) is 14.7 Å². The topological polar surface area (TPSA) is 113 Å². The number of piperidine rings is 1. The maximum absolute atomic E-state index is 13.7. The molecule has 1 spiro atoms. The Morgan fingerprint density at radius 1 is 1.00 bits per heavy atom. The highest BCUT2D eigenvalue weighted by Crippen LogP contribution is 2.80. The van der Waals surface area contributed by atoms with Gasteiger partial charge in [0.15, 0.2) is 0 Å². The molecule has 10 heteroatoms. The van der Waals surface area contributed by atoms with E-state index in [0.717, 1.165) is 19.4 Å². The summed E-state index contributed by atoms with van der Waals surface area (Å²) in [5.74, 6) is -1.87. The molecule has 6 aliphatic rings. The normalized spacial score (nSPS) is 49.0. The Bertz CT molecular complexity index is 1280. The second-order valence-electron chi connectivity index (χ2n) is 14.1. The van der Waals surface area contributed by atoms with Crippen LogP contribution in [0.2, 0.25) is 0 Å². The summed E-state index contributed by atoms with van der Waals surface area (Å²) in [5.41, 5.74) is -2.88. The number of methoxy groups -OCH3 is 4. The molecule has 1 aliphatic heterocycles. The Morgan fingerprint density at radius 2 is 1.72 bits per heavy atom. The number of benzene rings is 1. The summed E-state index contributed by atoms with van der Waals surface area (Å²) in [6.07, 6.45) is 0.272. The van der Waals surface area contributed by atoms with E-state index in [1.165, 1.54) is 6.92 Å². The summed E-state index contributed by atoms with van der Waals surface area (Å²) in [6.45, 7) is 2.82. The first-order chi connectivity index (χ1) is 20.6. The third kappa shape index (κ3) is 3.51. The molecule has 0 unspecified atom stereocenters. The van der Waals surface area contributed by atoms with Crippen LogP contribution in [0.3, 0.4) is 0 Å². The fraction of sp³-hybridized carbons (Fsp3) is 0.758. The van der Waals surface area contributed by atoms with E-state index < -0.39 is 46.7 Å². The second-order valence-corrected chi connectivity index (χ2v) is 14.1. The monoisotopic (exact) mass is 599 g/mol. The number of rotatable bonds is 8. The lowest BCUT2D eigenvalue weighted by Gasteiger charge is -2.69. The van der Waals surface area contributed by atoms with Gasteiger partial charge in [-0.15, -0.1) is 0 Å². The Morgan fingerprint density at radius 3 is 2.35 bits per heavy atom. The molecule has 0 aromatic heterocycles. The van der Waals surface area contributed by atoms with Crippen LogP contribution in [-0.2, 0) is 33.2 Å².